The van der Waals surface area contributed by atoms with Gasteiger partial charge in [0.2, 0.25) is 0 Å². The van der Waals surface area contributed by atoms with Crippen LogP contribution in [0.3, 0.4) is 0 Å². The molecule has 0 aliphatic heterocycles. The molecule has 0 saturated carbocycles. The molecule has 0 spiro atoms. The zero-order valence-corrected chi connectivity index (χ0v) is 7.89. The largest absolute Gasteiger partial charge is 0.151 e. The van der Waals surface area contributed by atoms with Crippen LogP contribution < -0.4 is 0 Å². The summed E-state index contributed by atoms with van der Waals surface area (Å²) in [5, 5.41) is 2.88. The van der Waals surface area contributed by atoms with Crippen molar-refractivity contribution < 1.29 is 0 Å². The molecule has 0 heterocycles. The van der Waals surface area contributed by atoms with E-state index in [2.05, 4.69) is 25.9 Å². The zero-order chi connectivity index (χ0) is 8.74. The number of rotatable bonds is 6. The Kier molecular flexibility index (Phi) is 5.08. The molecular weight excluding hydrogens is 138 g/mol. The van der Waals surface area contributed by atoms with Crippen molar-refractivity contribution >= 4 is 0 Å². The molecule has 11 heavy (non-hydrogen) atoms. The van der Waals surface area contributed by atoms with Crippen LogP contribution in [0.15, 0.2) is 5.18 Å². The fourth-order valence-electron chi connectivity index (χ4n) is 1.13. The van der Waals surface area contributed by atoms with E-state index in [1.165, 1.54) is 19.3 Å². The highest BCUT2D eigenvalue weighted by Gasteiger charge is 2.16. The van der Waals surface area contributed by atoms with Crippen LogP contribution in [-0.4, -0.2) is 6.54 Å². The standard InChI is InChI=1S/C9H19NO/c1-4-5-6-9(2,3)7-8-10-11/h4-8H2,1-3H3. The van der Waals surface area contributed by atoms with Gasteiger partial charge in [0.1, 0.15) is 0 Å². The molecule has 2 nitrogen and oxygen atoms in total. The van der Waals surface area contributed by atoms with Crippen molar-refractivity contribution in [2.75, 3.05) is 6.54 Å². The van der Waals surface area contributed by atoms with E-state index in [9.17, 15) is 4.91 Å². The summed E-state index contributed by atoms with van der Waals surface area (Å²) in [5.74, 6) is 0. The third-order valence-corrected chi connectivity index (χ3v) is 2.09. The van der Waals surface area contributed by atoms with Crippen LogP contribution in [0, 0.1) is 10.3 Å². The lowest BCUT2D eigenvalue weighted by Gasteiger charge is -2.22. The molecule has 0 aromatic rings. The first kappa shape index (κ1) is 10.6. The number of hydrogen-bond acceptors (Lipinski definition) is 2. The number of hydrogen-bond donors (Lipinski definition) is 0. The molecule has 2 heteroatoms. The van der Waals surface area contributed by atoms with Crippen LogP contribution in [0.25, 0.3) is 0 Å². The lowest BCUT2D eigenvalue weighted by atomic mass is 9.84. The number of nitrogens with zero attached hydrogens (tertiary/aromatic N) is 1. The van der Waals surface area contributed by atoms with Gasteiger partial charge in [0, 0.05) is 0 Å². The molecule has 0 saturated heterocycles. The topological polar surface area (TPSA) is 29.4 Å². The highest BCUT2D eigenvalue weighted by atomic mass is 16.3. The van der Waals surface area contributed by atoms with Crippen molar-refractivity contribution in [3.05, 3.63) is 4.91 Å². The SMILES string of the molecule is CCCCC(C)(C)CCN=O. The summed E-state index contributed by atoms with van der Waals surface area (Å²) >= 11 is 0. The van der Waals surface area contributed by atoms with Gasteiger partial charge in [-0.05, 0) is 18.3 Å². The average Bonchev–Trinajstić information content (AvgIpc) is 1.97. The highest BCUT2D eigenvalue weighted by molar-refractivity contribution is 4.69. The molecule has 0 aliphatic rings. The van der Waals surface area contributed by atoms with E-state index in [1.807, 2.05) is 0 Å². The monoisotopic (exact) mass is 157 g/mol. The molecule has 0 aromatic carbocycles. The van der Waals surface area contributed by atoms with E-state index in [0.29, 0.717) is 12.0 Å². The van der Waals surface area contributed by atoms with Crippen LogP contribution >= 0.6 is 0 Å². The van der Waals surface area contributed by atoms with Gasteiger partial charge in [-0.3, -0.25) is 0 Å². The van der Waals surface area contributed by atoms with Crippen molar-refractivity contribution in [3.63, 3.8) is 0 Å². The predicted octanol–water partition coefficient (Wildman–Crippen LogP) is 3.36. The van der Waals surface area contributed by atoms with E-state index in [4.69, 9.17) is 0 Å². The van der Waals surface area contributed by atoms with Gasteiger partial charge in [0.25, 0.3) is 0 Å². The third kappa shape index (κ3) is 6.02. The highest BCUT2D eigenvalue weighted by Crippen LogP contribution is 2.26. The Morgan fingerprint density at radius 3 is 2.36 bits per heavy atom. The minimum atomic E-state index is 0.309. The Hall–Kier alpha value is -0.400. The number of unbranched alkanes of at least 4 members (excludes halogenated alkanes) is 1. The molecule has 0 aliphatic carbocycles. The molecule has 0 rings (SSSR count). The van der Waals surface area contributed by atoms with Gasteiger partial charge in [-0.25, -0.2) is 0 Å². The van der Waals surface area contributed by atoms with Crippen molar-refractivity contribution in [3.8, 4) is 0 Å². The maximum absolute atomic E-state index is 9.88. The summed E-state index contributed by atoms with van der Waals surface area (Å²) in [7, 11) is 0. The molecular formula is C9H19NO. The zero-order valence-electron chi connectivity index (χ0n) is 7.89. The van der Waals surface area contributed by atoms with Crippen molar-refractivity contribution in [2.45, 2.75) is 46.5 Å². The third-order valence-electron chi connectivity index (χ3n) is 2.09. The molecule has 0 amide bonds. The predicted molar refractivity (Wildman–Crippen MR) is 48.6 cm³/mol. The second kappa shape index (κ2) is 5.28. The first-order valence-corrected chi connectivity index (χ1v) is 4.41. The lowest BCUT2D eigenvalue weighted by Crippen LogP contribution is -2.12. The van der Waals surface area contributed by atoms with Crippen LogP contribution in [0.4, 0.5) is 0 Å². The Morgan fingerprint density at radius 2 is 1.91 bits per heavy atom. The first-order chi connectivity index (χ1) is 5.12. The quantitative estimate of drug-likeness (QED) is 0.543. The Balaban J connectivity index is 3.51. The van der Waals surface area contributed by atoms with Crippen molar-refractivity contribution in [1.29, 1.82) is 0 Å². The minimum absolute atomic E-state index is 0.309. The van der Waals surface area contributed by atoms with Crippen LogP contribution in [0.5, 0.6) is 0 Å². The van der Waals surface area contributed by atoms with Crippen molar-refractivity contribution in [2.24, 2.45) is 10.6 Å². The fraction of sp³-hybridized carbons (Fsp3) is 1.00. The first-order valence-electron chi connectivity index (χ1n) is 4.41. The second-order valence-corrected chi connectivity index (χ2v) is 3.87. The molecule has 0 fully saturated rings. The van der Waals surface area contributed by atoms with Gasteiger partial charge in [-0.15, -0.1) is 0 Å². The summed E-state index contributed by atoms with van der Waals surface area (Å²) in [6.07, 6.45) is 4.62. The van der Waals surface area contributed by atoms with Gasteiger partial charge in [-0.2, -0.15) is 4.91 Å². The van der Waals surface area contributed by atoms with Crippen LogP contribution in [-0.2, 0) is 0 Å². The van der Waals surface area contributed by atoms with Crippen molar-refractivity contribution in [1.82, 2.24) is 0 Å². The van der Waals surface area contributed by atoms with Gasteiger partial charge in [0.15, 0.2) is 0 Å². The maximum Gasteiger partial charge on any atom is 0.0816 e. The number of nitroso groups, excluding NO2 is 1. The van der Waals surface area contributed by atoms with E-state index < -0.39 is 0 Å². The molecule has 0 atom stereocenters. The Labute approximate surface area is 69.4 Å². The summed E-state index contributed by atoms with van der Waals surface area (Å²) in [6, 6.07) is 0. The van der Waals surface area contributed by atoms with Gasteiger partial charge >= 0.3 is 0 Å². The molecule has 66 valence electrons. The van der Waals surface area contributed by atoms with Crippen LogP contribution in [0.1, 0.15) is 46.5 Å². The summed E-state index contributed by atoms with van der Waals surface area (Å²) < 4.78 is 0. The molecule has 0 bridgehead atoms. The lowest BCUT2D eigenvalue weighted by molar-refractivity contribution is 0.303. The molecule has 0 unspecified atom stereocenters. The van der Waals surface area contributed by atoms with E-state index in [1.54, 1.807) is 0 Å². The normalized spacial score (nSPS) is 11.5. The Morgan fingerprint density at radius 1 is 1.27 bits per heavy atom. The average molecular weight is 157 g/mol. The summed E-state index contributed by atoms with van der Waals surface area (Å²) in [6.45, 7) is 7.06. The molecule has 0 radical (unpaired) electrons. The fourth-order valence-corrected chi connectivity index (χ4v) is 1.13. The van der Waals surface area contributed by atoms with Gasteiger partial charge in [-0.1, -0.05) is 38.8 Å². The van der Waals surface area contributed by atoms with E-state index in [0.717, 1.165) is 6.42 Å². The molecule has 0 aromatic heterocycles. The second-order valence-electron chi connectivity index (χ2n) is 3.87. The van der Waals surface area contributed by atoms with E-state index >= 15 is 0 Å². The molecule has 0 N–H and O–H groups in total. The minimum Gasteiger partial charge on any atom is -0.151 e. The summed E-state index contributed by atoms with van der Waals surface area (Å²) in [5.41, 5.74) is 0.309. The smallest absolute Gasteiger partial charge is 0.0816 e. The van der Waals surface area contributed by atoms with Crippen LogP contribution in [0.2, 0.25) is 0 Å². The van der Waals surface area contributed by atoms with Gasteiger partial charge in [0.05, 0.1) is 6.54 Å². The Bertz CT molecular complexity index is 110. The van der Waals surface area contributed by atoms with E-state index in [-0.39, 0.29) is 0 Å². The maximum atomic E-state index is 9.88. The van der Waals surface area contributed by atoms with Gasteiger partial charge < -0.3 is 0 Å². The summed E-state index contributed by atoms with van der Waals surface area (Å²) in [4.78, 5) is 9.88.